The predicted octanol–water partition coefficient (Wildman–Crippen LogP) is 5.63. The number of benzene rings is 2. The molecule has 0 aliphatic rings. The molecule has 0 aliphatic heterocycles. The van der Waals surface area contributed by atoms with Gasteiger partial charge in [0.15, 0.2) is 0 Å². The van der Waals surface area contributed by atoms with Crippen LogP contribution in [0.4, 0.5) is 0 Å². The van der Waals surface area contributed by atoms with Gasteiger partial charge in [-0.05, 0) is 22.9 Å². The third kappa shape index (κ3) is 4.38. The minimum atomic E-state index is -2.29. The Hall–Kier alpha value is -1.38. The molecule has 0 fully saturated rings. The van der Waals surface area contributed by atoms with E-state index < -0.39 is 8.07 Å². The van der Waals surface area contributed by atoms with Crippen molar-refractivity contribution >= 4 is 18.4 Å². The SMILES string of the molecule is CCCC[C@H]([C@@H](O)C(C)C)[Si](c1ccccc1)(c1ccccc1)C(C)(C)C. The molecule has 2 aromatic carbocycles. The number of hydrogen-bond donors (Lipinski definition) is 1. The molecular weight excluding hydrogens is 344 g/mol. The lowest BCUT2D eigenvalue weighted by atomic mass is 10.00. The first-order valence-electron chi connectivity index (χ1n) is 10.6. The van der Waals surface area contributed by atoms with Crippen molar-refractivity contribution in [2.24, 2.45) is 5.92 Å². The Morgan fingerprint density at radius 2 is 1.30 bits per heavy atom. The van der Waals surface area contributed by atoms with Crippen LogP contribution in [0.15, 0.2) is 60.7 Å². The van der Waals surface area contributed by atoms with Crippen molar-refractivity contribution in [2.75, 3.05) is 0 Å². The average Bonchev–Trinajstić information content (AvgIpc) is 2.65. The first-order chi connectivity index (χ1) is 12.8. The van der Waals surface area contributed by atoms with Crippen LogP contribution in [0.25, 0.3) is 0 Å². The molecule has 27 heavy (non-hydrogen) atoms. The van der Waals surface area contributed by atoms with Gasteiger partial charge in [-0.1, -0.05) is 125 Å². The van der Waals surface area contributed by atoms with Crippen LogP contribution in [0.2, 0.25) is 10.6 Å². The highest BCUT2D eigenvalue weighted by Gasteiger charge is 2.54. The van der Waals surface area contributed by atoms with Gasteiger partial charge in [0.25, 0.3) is 0 Å². The molecule has 1 nitrogen and oxygen atoms in total. The highest BCUT2D eigenvalue weighted by atomic mass is 28.3. The first-order valence-corrected chi connectivity index (χ1v) is 12.6. The summed E-state index contributed by atoms with van der Waals surface area (Å²) in [6.07, 6.45) is 3.13. The van der Waals surface area contributed by atoms with Gasteiger partial charge in [-0.3, -0.25) is 0 Å². The van der Waals surface area contributed by atoms with Crippen molar-refractivity contribution in [3.05, 3.63) is 60.7 Å². The lowest BCUT2D eigenvalue weighted by Crippen LogP contribution is -2.69. The normalized spacial score (nSPS) is 15.0. The maximum absolute atomic E-state index is 11.5. The quantitative estimate of drug-likeness (QED) is 0.587. The Kier molecular flexibility index (Phi) is 7.47. The first kappa shape index (κ1) is 21.9. The highest BCUT2D eigenvalue weighted by Crippen LogP contribution is 2.47. The summed E-state index contributed by atoms with van der Waals surface area (Å²) in [5.74, 6) is 0.258. The van der Waals surface area contributed by atoms with Crippen molar-refractivity contribution in [3.63, 3.8) is 0 Å². The minimum absolute atomic E-state index is 0.0873. The second-order valence-electron chi connectivity index (χ2n) is 9.27. The summed E-state index contributed by atoms with van der Waals surface area (Å²) in [7, 11) is -2.29. The highest BCUT2D eigenvalue weighted by molar-refractivity contribution is 7.05. The van der Waals surface area contributed by atoms with Crippen molar-refractivity contribution < 1.29 is 5.11 Å². The fourth-order valence-electron chi connectivity index (χ4n) is 4.95. The summed E-state index contributed by atoms with van der Waals surface area (Å²) in [4.78, 5) is 0. The maximum Gasteiger partial charge on any atom is 0.128 e. The van der Waals surface area contributed by atoms with E-state index in [1.807, 2.05) is 0 Å². The van der Waals surface area contributed by atoms with Gasteiger partial charge in [-0.15, -0.1) is 0 Å². The van der Waals surface area contributed by atoms with Gasteiger partial charge in [-0.25, -0.2) is 0 Å². The van der Waals surface area contributed by atoms with Crippen molar-refractivity contribution in [2.45, 2.75) is 77.5 Å². The molecule has 0 heterocycles. The Morgan fingerprint density at radius 3 is 1.63 bits per heavy atom. The van der Waals surface area contributed by atoms with Crippen LogP contribution in [-0.4, -0.2) is 19.3 Å². The van der Waals surface area contributed by atoms with E-state index in [1.54, 1.807) is 0 Å². The molecule has 148 valence electrons. The van der Waals surface area contributed by atoms with Crippen LogP contribution < -0.4 is 10.4 Å². The molecule has 0 bridgehead atoms. The van der Waals surface area contributed by atoms with Crippen LogP contribution in [-0.2, 0) is 0 Å². The van der Waals surface area contributed by atoms with E-state index in [0.717, 1.165) is 6.42 Å². The molecule has 0 unspecified atom stereocenters. The molecule has 0 amide bonds. The lowest BCUT2D eigenvalue weighted by molar-refractivity contribution is 0.110. The largest absolute Gasteiger partial charge is 0.393 e. The fourth-order valence-corrected chi connectivity index (χ4v) is 12.0. The van der Waals surface area contributed by atoms with Gasteiger partial charge in [0.2, 0.25) is 0 Å². The van der Waals surface area contributed by atoms with Gasteiger partial charge in [-0.2, -0.15) is 0 Å². The third-order valence-electron chi connectivity index (χ3n) is 6.16. The average molecular weight is 383 g/mol. The number of rotatable bonds is 8. The maximum atomic E-state index is 11.5. The number of aliphatic hydroxyl groups excluding tert-OH is 1. The van der Waals surface area contributed by atoms with E-state index in [1.165, 1.54) is 23.2 Å². The smallest absolute Gasteiger partial charge is 0.128 e. The Bertz CT molecular complexity index is 633. The van der Waals surface area contributed by atoms with Crippen LogP contribution in [0.1, 0.15) is 60.8 Å². The molecule has 2 atom stereocenters. The van der Waals surface area contributed by atoms with Crippen LogP contribution in [0.3, 0.4) is 0 Å². The molecule has 0 saturated carbocycles. The number of hydrogen-bond acceptors (Lipinski definition) is 1. The number of unbranched alkanes of at least 4 members (excludes halogenated alkanes) is 1. The molecule has 2 heteroatoms. The Labute approximate surface area is 167 Å². The number of aliphatic hydroxyl groups is 1. The predicted molar refractivity (Wildman–Crippen MR) is 122 cm³/mol. The molecule has 2 aromatic rings. The summed E-state index contributed by atoms with van der Waals surface area (Å²) in [5, 5.41) is 14.5. The summed E-state index contributed by atoms with van der Waals surface area (Å²) < 4.78 is 0. The van der Waals surface area contributed by atoms with Crippen LogP contribution >= 0.6 is 0 Å². The monoisotopic (exact) mass is 382 g/mol. The van der Waals surface area contributed by atoms with Crippen molar-refractivity contribution in [1.82, 2.24) is 0 Å². The molecule has 0 aliphatic carbocycles. The van der Waals surface area contributed by atoms with Gasteiger partial charge >= 0.3 is 0 Å². The zero-order chi connectivity index (χ0) is 20.1. The summed E-state index contributed by atoms with van der Waals surface area (Å²) >= 11 is 0. The third-order valence-corrected chi connectivity index (χ3v) is 12.8. The zero-order valence-electron chi connectivity index (χ0n) is 18.1. The summed E-state index contributed by atoms with van der Waals surface area (Å²) in [5.41, 5.74) is 0.294. The van der Waals surface area contributed by atoms with Crippen molar-refractivity contribution in [1.29, 1.82) is 0 Å². The molecule has 0 radical (unpaired) electrons. The summed E-state index contributed by atoms with van der Waals surface area (Å²) in [6, 6.07) is 22.2. The lowest BCUT2D eigenvalue weighted by Gasteiger charge is -2.51. The summed E-state index contributed by atoms with van der Waals surface area (Å²) in [6.45, 7) is 13.8. The van der Waals surface area contributed by atoms with Gasteiger partial charge in [0.05, 0.1) is 6.10 Å². The molecule has 0 aromatic heterocycles. The van der Waals surface area contributed by atoms with Gasteiger partial charge < -0.3 is 5.11 Å². The van der Waals surface area contributed by atoms with E-state index in [4.69, 9.17) is 0 Å². The van der Waals surface area contributed by atoms with Gasteiger partial charge in [0.1, 0.15) is 8.07 Å². The van der Waals surface area contributed by atoms with Crippen molar-refractivity contribution in [3.8, 4) is 0 Å². The van der Waals surface area contributed by atoms with E-state index in [2.05, 4.69) is 102 Å². The Morgan fingerprint density at radius 1 is 0.852 bits per heavy atom. The molecule has 2 rings (SSSR count). The van der Waals surface area contributed by atoms with E-state index >= 15 is 0 Å². The molecule has 1 N–H and O–H groups in total. The second-order valence-corrected chi connectivity index (χ2v) is 14.3. The standard InChI is InChI=1S/C25H38OSi/c1-7-8-19-23(24(26)20(2)3)27(25(4,5)6,21-15-11-9-12-16-21)22-17-13-10-14-18-22/h9-18,20,23-24,26H,7-8,19H2,1-6H3/t23-,24+/m1/s1. The van der Waals surface area contributed by atoms with Gasteiger partial charge in [0, 0.05) is 0 Å². The topological polar surface area (TPSA) is 20.2 Å². The van der Waals surface area contributed by atoms with E-state index in [0.29, 0.717) is 5.54 Å². The van der Waals surface area contributed by atoms with E-state index in [-0.39, 0.29) is 17.1 Å². The Balaban J connectivity index is 2.84. The van der Waals surface area contributed by atoms with E-state index in [9.17, 15) is 5.11 Å². The molecular formula is C25H38OSi. The fraction of sp³-hybridized carbons (Fsp3) is 0.520. The second kappa shape index (κ2) is 9.21. The molecule has 0 saturated heterocycles. The van der Waals surface area contributed by atoms with Crippen LogP contribution in [0.5, 0.6) is 0 Å². The minimum Gasteiger partial charge on any atom is -0.393 e. The zero-order valence-corrected chi connectivity index (χ0v) is 19.1. The molecule has 0 spiro atoms. The van der Waals surface area contributed by atoms with Crippen LogP contribution in [0, 0.1) is 5.92 Å².